The first-order chi connectivity index (χ1) is 5.18. The molecule has 11 heavy (non-hydrogen) atoms. The lowest BCUT2D eigenvalue weighted by Gasteiger charge is -2.09. The van der Waals surface area contributed by atoms with Crippen LogP contribution in [0.4, 0.5) is 0 Å². The third kappa shape index (κ3) is 3.63. The van der Waals surface area contributed by atoms with Crippen LogP contribution >= 0.6 is 27.7 Å². The topological polar surface area (TPSA) is 12.0 Å². The van der Waals surface area contributed by atoms with E-state index in [1.807, 2.05) is 11.8 Å². The molecule has 64 valence electrons. The summed E-state index contributed by atoms with van der Waals surface area (Å²) in [5.41, 5.74) is 0. The van der Waals surface area contributed by atoms with Crippen molar-refractivity contribution in [3.63, 3.8) is 0 Å². The molecule has 0 aliphatic carbocycles. The molecule has 1 rings (SSSR count). The monoisotopic (exact) mass is 235 g/mol. The van der Waals surface area contributed by atoms with Crippen molar-refractivity contribution in [1.29, 1.82) is 0 Å². The van der Waals surface area contributed by atoms with Crippen LogP contribution in [0.5, 0.6) is 0 Å². The minimum Gasteiger partial charge on any atom is -0.309 e. The van der Waals surface area contributed by atoms with Crippen molar-refractivity contribution in [3.8, 4) is 0 Å². The van der Waals surface area contributed by atoms with Gasteiger partial charge < -0.3 is 5.32 Å². The van der Waals surface area contributed by atoms with Gasteiger partial charge in [-0.15, -0.1) is 0 Å². The van der Waals surface area contributed by atoms with E-state index in [0.717, 1.165) is 16.3 Å². The second-order valence-electron chi connectivity index (χ2n) is 2.97. The van der Waals surface area contributed by atoms with Crippen LogP contribution in [0.25, 0.3) is 0 Å². The van der Waals surface area contributed by atoms with Crippen LogP contribution in [0.2, 0.25) is 0 Å². The van der Waals surface area contributed by atoms with Crippen molar-refractivity contribution in [1.82, 2.24) is 5.32 Å². The number of nitrogens with one attached hydrogen (secondary N) is 1. The molecule has 0 aromatic heterocycles. The van der Waals surface area contributed by atoms with E-state index in [2.05, 4.69) is 34.7 Å². The minimum absolute atomic E-state index is 0.698. The number of hydrogen-bond donors (Lipinski definition) is 1. The zero-order valence-corrected chi connectivity index (χ0v) is 9.17. The highest BCUT2D eigenvalue weighted by Crippen LogP contribution is 2.25. The number of thioether (sulfide) groups is 1. The van der Waals surface area contributed by atoms with Crippen LogP contribution in [-0.2, 0) is 0 Å². The summed E-state index contributed by atoms with van der Waals surface area (Å²) in [7, 11) is 0. The van der Waals surface area contributed by atoms with Gasteiger partial charge in [-0.2, -0.15) is 11.8 Å². The van der Waals surface area contributed by atoms with Gasteiger partial charge in [0.05, 0.1) is 0 Å². The third-order valence-corrected chi connectivity index (χ3v) is 3.42. The molecule has 0 radical (unpaired) electrons. The number of halogens is 1. The SMILES string of the molecule is C=C(Br)CNC1CSC(C)C1. The molecule has 2 atom stereocenters. The molecule has 1 nitrogen and oxygen atoms in total. The van der Waals surface area contributed by atoms with Gasteiger partial charge in [-0.05, 0) is 6.42 Å². The fraction of sp³-hybridized carbons (Fsp3) is 0.750. The van der Waals surface area contributed by atoms with E-state index in [0.29, 0.717) is 6.04 Å². The van der Waals surface area contributed by atoms with E-state index >= 15 is 0 Å². The maximum absolute atomic E-state index is 3.78. The molecule has 0 bridgehead atoms. The van der Waals surface area contributed by atoms with E-state index in [4.69, 9.17) is 0 Å². The zero-order valence-electron chi connectivity index (χ0n) is 6.77. The van der Waals surface area contributed by atoms with Gasteiger partial charge in [-0.1, -0.05) is 29.4 Å². The Bertz CT molecular complexity index is 149. The van der Waals surface area contributed by atoms with Crippen LogP contribution in [-0.4, -0.2) is 23.6 Å². The maximum atomic E-state index is 3.78. The van der Waals surface area contributed by atoms with E-state index in [9.17, 15) is 0 Å². The molecule has 2 unspecified atom stereocenters. The molecule has 3 heteroatoms. The van der Waals surface area contributed by atoms with Crippen molar-refractivity contribution >= 4 is 27.7 Å². The summed E-state index contributed by atoms with van der Waals surface area (Å²) in [5, 5.41) is 4.27. The highest BCUT2D eigenvalue weighted by atomic mass is 79.9. The van der Waals surface area contributed by atoms with E-state index < -0.39 is 0 Å². The van der Waals surface area contributed by atoms with Gasteiger partial charge in [0, 0.05) is 28.1 Å². The summed E-state index contributed by atoms with van der Waals surface area (Å²) in [5.74, 6) is 1.25. The summed E-state index contributed by atoms with van der Waals surface area (Å²) in [6.45, 7) is 6.97. The Kier molecular flexibility index (Phi) is 3.96. The normalized spacial score (nSPS) is 30.7. The highest BCUT2D eigenvalue weighted by molar-refractivity contribution is 9.11. The predicted molar refractivity (Wildman–Crippen MR) is 56.4 cm³/mol. The van der Waals surface area contributed by atoms with Gasteiger partial charge in [-0.25, -0.2) is 0 Å². The molecular formula is C8H14BrNS. The minimum atomic E-state index is 0.698. The fourth-order valence-electron chi connectivity index (χ4n) is 1.21. The maximum Gasteiger partial charge on any atom is 0.0268 e. The number of rotatable bonds is 3. The molecule has 1 N–H and O–H groups in total. The summed E-state index contributed by atoms with van der Waals surface area (Å²) in [4.78, 5) is 0. The molecular weight excluding hydrogens is 222 g/mol. The van der Waals surface area contributed by atoms with Crippen LogP contribution in [0.15, 0.2) is 11.1 Å². The first-order valence-electron chi connectivity index (χ1n) is 3.86. The lowest BCUT2D eigenvalue weighted by molar-refractivity contribution is 0.570. The molecule has 0 aromatic carbocycles. The van der Waals surface area contributed by atoms with Crippen molar-refractivity contribution in [2.24, 2.45) is 0 Å². The van der Waals surface area contributed by atoms with Gasteiger partial charge in [0.2, 0.25) is 0 Å². The van der Waals surface area contributed by atoms with Gasteiger partial charge >= 0.3 is 0 Å². The van der Waals surface area contributed by atoms with Crippen molar-refractivity contribution < 1.29 is 0 Å². The van der Waals surface area contributed by atoms with Crippen molar-refractivity contribution in [2.75, 3.05) is 12.3 Å². The average molecular weight is 236 g/mol. The molecule has 1 heterocycles. The third-order valence-electron chi connectivity index (χ3n) is 1.78. The Morgan fingerprint density at radius 1 is 1.82 bits per heavy atom. The molecule has 0 amide bonds. The molecule has 1 fully saturated rings. The molecule has 0 spiro atoms. The lowest BCUT2D eigenvalue weighted by atomic mass is 10.2. The standard InChI is InChI=1S/C8H14BrNS/c1-6(9)4-10-8-3-7(2)11-5-8/h7-8,10H,1,3-5H2,2H3. The van der Waals surface area contributed by atoms with Crippen LogP contribution in [0, 0.1) is 0 Å². The molecule has 1 aliphatic heterocycles. The summed E-state index contributed by atoms with van der Waals surface area (Å²) >= 11 is 5.38. The Labute approximate surface area is 81.1 Å². The molecule has 0 aromatic rings. The van der Waals surface area contributed by atoms with E-state index in [1.54, 1.807) is 0 Å². The second kappa shape index (κ2) is 4.53. The zero-order chi connectivity index (χ0) is 8.27. The first-order valence-corrected chi connectivity index (χ1v) is 5.71. The Morgan fingerprint density at radius 2 is 2.55 bits per heavy atom. The molecule has 0 saturated carbocycles. The summed E-state index contributed by atoms with van der Waals surface area (Å²) in [6.07, 6.45) is 1.30. The largest absolute Gasteiger partial charge is 0.309 e. The van der Waals surface area contributed by atoms with Gasteiger partial charge in [0.1, 0.15) is 0 Å². The quantitative estimate of drug-likeness (QED) is 0.807. The Hall–Kier alpha value is 0.530. The van der Waals surface area contributed by atoms with E-state index in [-0.39, 0.29) is 0 Å². The molecule has 1 aliphatic rings. The fourth-order valence-corrected chi connectivity index (χ4v) is 2.56. The Balaban J connectivity index is 2.13. The summed E-state index contributed by atoms with van der Waals surface area (Å²) in [6, 6.07) is 0.698. The second-order valence-corrected chi connectivity index (χ2v) is 5.57. The van der Waals surface area contributed by atoms with Crippen LogP contribution < -0.4 is 5.32 Å². The van der Waals surface area contributed by atoms with Gasteiger partial charge in [0.15, 0.2) is 0 Å². The highest BCUT2D eigenvalue weighted by Gasteiger charge is 2.20. The van der Waals surface area contributed by atoms with Crippen molar-refractivity contribution in [2.45, 2.75) is 24.6 Å². The first kappa shape index (κ1) is 9.62. The summed E-state index contributed by atoms with van der Waals surface area (Å²) < 4.78 is 1.04. The number of hydrogen-bond acceptors (Lipinski definition) is 2. The van der Waals surface area contributed by atoms with Crippen LogP contribution in [0.1, 0.15) is 13.3 Å². The van der Waals surface area contributed by atoms with Gasteiger partial charge in [-0.3, -0.25) is 0 Å². The van der Waals surface area contributed by atoms with Gasteiger partial charge in [0.25, 0.3) is 0 Å². The molecule has 1 saturated heterocycles. The smallest absolute Gasteiger partial charge is 0.0268 e. The van der Waals surface area contributed by atoms with Crippen LogP contribution in [0.3, 0.4) is 0 Å². The van der Waals surface area contributed by atoms with Crippen molar-refractivity contribution in [3.05, 3.63) is 11.1 Å². The lowest BCUT2D eigenvalue weighted by Crippen LogP contribution is -2.29. The predicted octanol–water partition coefficient (Wildman–Crippen LogP) is 2.38. The Morgan fingerprint density at radius 3 is 3.00 bits per heavy atom. The van der Waals surface area contributed by atoms with E-state index in [1.165, 1.54) is 12.2 Å². The average Bonchev–Trinajstić information content (AvgIpc) is 2.31.